The lowest BCUT2D eigenvalue weighted by Gasteiger charge is -2.02. The van der Waals surface area contributed by atoms with Gasteiger partial charge in [0.05, 0.1) is 5.52 Å². The van der Waals surface area contributed by atoms with Crippen molar-refractivity contribution >= 4 is 10.9 Å². The minimum Gasteiger partial charge on any atom is -0.256 e. The van der Waals surface area contributed by atoms with Gasteiger partial charge >= 0.3 is 0 Å². The summed E-state index contributed by atoms with van der Waals surface area (Å²) >= 11 is 0. The molecular formula is C13H11N. The Morgan fingerprint density at radius 3 is 2.93 bits per heavy atom. The molecule has 0 saturated carbocycles. The van der Waals surface area contributed by atoms with Crippen LogP contribution in [0.4, 0.5) is 0 Å². The number of benzene rings is 1. The van der Waals surface area contributed by atoms with Gasteiger partial charge < -0.3 is 0 Å². The van der Waals surface area contributed by atoms with Crippen LogP contribution in [0.3, 0.4) is 0 Å². The van der Waals surface area contributed by atoms with E-state index >= 15 is 0 Å². The highest BCUT2D eigenvalue weighted by Gasteiger charge is 1.99. The molecule has 0 fully saturated rings. The van der Waals surface area contributed by atoms with Crippen LogP contribution >= 0.6 is 0 Å². The fourth-order valence-electron chi connectivity index (χ4n) is 1.58. The number of aryl methyl sites for hydroxylation is 1. The molecule has 0 N–H and O–H groups in total. The summed E-state index contributed by atoms with van der Waals surface area (Å²) in [4.78, 5) is 4.30. The van der Waals surface area contributed by atoms with E-state index in [-0.39, 0.29) is 0 Å². The Hall–Kier alpha value is -1.81. The Morgan fingerprint density at radius 1 is 1.21 bits per heavy atom. The van der Waals surface area contributed by atoms with Crippen LogP contribution in [-0.2, 0) is 6.42 Å². The van der Waals surface area contributed by atoms with Crippen LogP contribution in [0.1, 0.15) is 12.0 Å². The average molecular weight is 181 g/mol. The Morgan fingerprint density at radius 2 is 2.07 bits per heavy atom. The van der Waals surface area contributed by atoms with Gasteiger partial charge in [-0.3, -0.25) is 4.98 Å². The van der Waals surface area contributed by atoms with Crippen molar-refractivity contribution in [2.45, 2.75) is 12.8 Å². The maximum Gasteiger partial charge on any atom is 0.0704 e. The monoisotopic (exact) mass is 181 g/mol. The Balaban J connectivity index is 2.49. The predicted octanol–water partition coefficient (Wildman–Crippen LogP) is 2.80. The van der Waals surface area contributed by atoms with Gasteiger partial charge in [0.2, 0.25) is 0 Å². The third-order valence-corrected chi connectivity index (χ3v) is 2.28. The summed E-state index contributed by atoms with van der Waals surface area (Å²) in [6, 6.07) is 10.2. The fourth-order valence-corrected chi connectivity index (χ4v) is 1.58. The van der Waals surface area contributed by atoms with Gasteiger partial charge in [-0.25, -0.2) is 0 Å². The van der Waals surface area contributed by atoms with Gasteiger partial charge in [0, 0.05) is 18.0 Å². The second-order valence-corrected chi connectivity index (χ2v) is 3.19. The molecule has 1 heterocycles. The van der Waals surface area contributed by atoms with E-state index in [4.69, 9.17) is 6.42 Å². The SMILES string of the molecule is C#CCCc1ccnc2ccccc12. The second-order valence-electron chi connectivity index (χ2n) is 3.19. The first-order valence-electron chi connectivity index (χ1n) is 4.68. The normalized spacial score (nSPS) is 9.93. The largest absolute Gasteiger partial charge is 0.256 e. The molecule has 0 atom stereocenters. The van der Waals surface area contributed by atoms with Crippen LogP contribution < -0.4 is 0 Å². The number of nitrogens with zero attached hydrogens (tertiary/aromatic N) is 1. The molecule has 0 aliphatic heterocycles. The number of terminal acetylenes is 1. The summed E-state index contributed by atoms with van der Waals surface area (Å²) in [5.74, 6) is 2.66. The summed E-state index contributed by atoms with van der Waals surface area (Å²) in [6.07, 6.45) is 8.81. The first kappa shape index (κ1) is 8.77. The molecule has 68 valence electrons. The van der Waals surface area contributed by atoms with E-state index < -0.39 is 0 Å². The number of para-hydroxylation sites is 1. The molecule has 1 aromatic heterocycles. The van der Waals surface area contributed by atoms with E-state index in [2.05, 4.69) is 17.0 Å². The predicted molar refractivity (Wildman–Crippen MR) is 58.9 cm³/mol. The van der Waals surface area contributed by atoms with Gasteiger partial charge in [0.1, 0.15) is 0 Å². The highest BCUT2D eigenvalue weighted by molar-refractivity contribution is 5.81. The molecule has 0 amide bonds. The lowest BCUT2D eigenvalue weighted by atomic mass is 10.1. The van der Waals surface area contributed by atoms with Gasteiger partial charge in [0.25, 0.3) is 0 Å². The molecule has 1 aromatic carbocycles. The Labute approximate surface area is 83.8 Å². The van der Waals surface area contributed by atoms with E-state index in [1.54, 1.807) is 0 Å². The Bertz CT molecular complexity index is 475. The number of hydrogen-bond donors (Lipinski definition) is 0. The van der Waals surface area contributed by atoms with Crippen LogP contribution in [-0.4, -0.2) is 4.98 Å². The van der Waals surface area contributed by atoms with Crippen LogP contribution in [0.2, 0.25) is 0 Å². The summed E-state index contributed by atoms with van der Waals surface area (Å²) in [5, 5.41) is 1.21. The van der Waals surface area contributed by atoms with Crippen molar-refractivity contribution < 1.29 is 0 Å². The highest BCUT2D eigenvalue weighted by atomic mass is 14.6. The van der Waals surface area contributed by atoms with Gasteiger partial charge in [-0.2, -0.15) is 0 Å². The van der Waals surface area contributed by atoms with Crippen molar-refractivity contribution in [3.8, 4) is 12.3 Å². The third-order valence-electron chi connectivity index (χ3n) is 2.28. The van der Waals surface area contributed by atoms with Gasteiger partial charge in [-0.15, -0.1) is 12.3 Å². The molecule has 0 unspecified atom stereocenters. The first-order chi connectivity index (χ1) is 6.92. The van der Waals surface area contributed by atoms with Gasteiger partial charge in [0.15, 0.2) is 0 Å². The van der Waals surface area contributed by atoms with Crippen LogP contribution in [0.5, 0.6) is 0 Å². The number of pyridine rings is 1. The zero-order valence-corrected chi connectivity index (χ0v) is 7.90. The van der Waals surface area contributed by atoms with E-state index in [1.807, 2.05) is 30.5 Å². The molecule has 14 heavy (non-hydrogen) atoms. The summed E-state index contributed by atoms with van der Waals surface area (Å²) in [7, 11) is 0. The number of rotatable bonds is 2. The second kappa shape index (κ2) is 3.93. The third kappa shape index (κ3) is 1.60. The summed E-state index contributed by atoms with van der Waals surface area (Å²) in [6.45, 7) is 0. The Kier molecular flexibility index (Phi) is 2.46. The van der Waals surface area contributed by atoms with Crippen molar-refractivity contribution in [2.75, 3.05) is 0 Å². The topological polar surface area (TPSA) is 12.9 Å². The average Bonchev–Trinajstić information content (AvgIpc) is 2.26. The molecule has 0 spiro atoms. The minimum atomic E-state index is 0.786. The first-order valence-corrected chi connectivity index (χ1v) is 4.68. The van der Waals surface area contributed by atoms with Gasteiger partial charge in [-0.05, 0) is 24.1 Å². The van der Waals surface area contributed by atoms with E-state index in [0.717, 1.165) is 18.4 Å². The van der Waals surface area contributed by atoms with Crippen LogP contribution in [0, 0.1) is 12.3 Å². The molecule has 0 radical (unpaired) electrons. The molecule has 0 aliphatic rings. The van der Waals surface area contributed by atoms with Crippen molar-refractivity contribution in [1.29, 1.82) is 0 Å². The molecule has 2 aromatic rings. The lowest BCUT2D eigenvalue weighted by molar-refractivity contribution is 1.04. The van der Waals surface area contributed by atoms with E-state index in [9.17, 15) is 0 Å². The van der Waals surface area contributed by atoms with E-state index in [0.29, 0.717) is 0 Å². The molecular weight excluding hydrogens is 170 g/mol. The number of fused-ring (bicyclic) bond motifs is 1. The molecule has 0 saturated heterocycles. The zero-order chi connectivity index (χ0) is 9.80. The maximum atomic E-state index is 5.25. The lowest BCUT2D eigenvalue weighted by Crippen LogP contribution is -1.87. The standard InChI is InChI=1S/C13H11N/c1-2-3-6-11-9-10-14-13-8-5-4-7-12(11)13/h1,4-5,7-10H,3,6H2. The molecule has 0 aliphatic carbocycles. The number of hydrogen-bond acceptors (Lipinski definition) is 1. The number of aromatic nitrogens is 1. The van der Waals surface area contributed by atoms with Crippen molar-refractivity contribution in [3.05, 3.63) is 42.1 Å². The molecule has 2 rings (SSSR count). The quantitative estimate of drug-likeness (QED) is 0.649. The van der Waals surface area contributed by atoms with Crippen molar-refractivity contribution in [2.24, 2.45) is 0 Å². The summed E-state index contributed by atoms with van der Waals surface area (Å²) < 4.78 is 0. The van der Waals surface area contributed by atoms with Gasteiger partial charge in [-0.1, -0.05) is 18.2 Å². The maximum absolute atomic E-state index is 5.25. The minimum absolute atomic E-state index is 0.786. The summed E-state index contributed by atoms with van der Waals surface area (Å²) in [5.41, 5.74) is 2.33. The highest BCUT2D eigenvalue weighted by Crippen LogP contribution is 2.17. The smallest absolute Gasteiger partial charge is 0.0704 e. The van der Waals surface area contributed by atoms with E-state index in [1.165, 1.54) is 10.9 Å². The molecule has 0 bridgehead atoms. The van der Waals surface area contributed by atoms with Crippen LogP contribution in [0.25, 0.3) is 10.9 Å². The van der Waals surface area contributed by atoms with Crippen molar-refractivity contribution in [1.82, 2.24) is 4.98 Å². The van der Waals surface area contributed by atoms with Crippen LogP contribution in [0.15, 0.2) is 36.5 Å². The zero-order valence-electron chi connectivity index (χ0n) is 7.90. The fraction of sp³-hybridized carbons (Fsp3) is 0.154. The van der Waals surface area contributed by atoms with Crippen molar-refractivity contribution in [3.63, 3.8) is 0 Å². The molecule has 1 nitrogen and oxygen atoms in total. The molecule has 1 heteroatoms.